The van der Waals surface area contributed by atoms with Crippen LogP contribution in [0.25, 0.3) is 0 Å². The van der Waals surface area contributed by atoms with Crippen molar-refractivity contribution in [2.45, 2.75) is 19.4 Å². The van der Waals surface area contributed by atoms with Crippen LogP contribution in [-0.4, -0.2) is 5.91 Å². The Hall–Kier alpha value is -1.81. The Morgan fingerprint density at radius 3 is 2.55 bits per heavy atom. The van der Waals surface area contributed by atoms with Gasteiger partial charge >= 0.3 is 0 Å². The molecule has 0 spiro atoms. The number of rotatable bonds is 4. The summed E-state index contributed by atoms with van der Waals surface area (Å²) >= 11 is 3.49. The first kappa shape index (κ1) is 14.6. The summed E-state index contributed by atoms with van der Waals surface area (Å²) in [4.78, 5) is 12.1. The van der Waals surface area contributed by atoms with E-state index in [1.165, 1.54) is 0 Å². The predicted molar refractivity (Wildman–Crippen MR) is 85.3 cm³/mol. The van der Waals surface area contributed by atoms with Gasteiger partial charge in [0.15, 0.2) is 0 Å². The molecule has 2 aromatic rings. The molecule has 20 heavy (non-hydrogen) atoms. The SMILES string of the molecule is CC(NC(=O)Cc1ccccc1N)c1ccccc1Br. The molecule has 0 fully saturated rings. The zero-order chi connectivity index (χ0) is 14.5. The molecule has 1 unspecified atom stereocenters. The minimum absolute atomic E-state index is 0.0360. The monoisotopic (exact) mass is 332 g/mol. The van der Waals surface area contributed by atoms with E-state index in [9.17, 15) is 4.79 Å². The predicted octanol–water partition coefficient (Wildman–Crippen LogP) is 3.45. The molecule has 0 aliphatic carbocycles. The Labute approximate surface area is 127 Å². The number of nitrogens with one attached hydrogen (secondary N) is 1. The number of halogens is 1. The lowest BCUT2D eigenvalue weighted by Crippen LogP contribution is -2.28. The molecule has 0 saturated carbocycles. The molecule has 0 saturated heterocycles. The summed E-state index contributed by atoms with van der Waals surface area (Å²) in [7, 11) is 0. The zero-order valence-corrected chi connectivity index (χ0v) is 12.9. The third-order valence-corrected chi connectivity index (χ3v) is 3.88. The van der Waals surface area contributed by atoms with Crippen molar-refractivity contribution in [2.75, 3.05) is 5.73 Å². The van der Waals surface area contributed by atoms with E-state index < -0.39 is 0 Å². The average molecular weight is 333 g/mol. The second-order valence-electron chi connectivity index (χ2n) is 4.69. The van der Waals surface area contributed by atoms with E-state index in [0.717, 1.165) is 15.6 Å². The molecule has 0 aromatic heterocycles. The van der Waals surface area contributed by atoms with Gasteiger partial charge in [-0.05, 0) is 30.2 Å². The quantitative estimate of drug-likeness (QED) is 0.842. The Bertz CT molecular complexity index is 613. The number of anilines is 1. The lowest BCUT2D eigenvalue weighted by Gasteiger charge is -2.16. The number of carbonyl (C=O) groups is 1. The van der Waals surface area contributed by atoms with E-state index in [4.69, 9.17) is 5.73 Å². The number of hydrogen-bond acceptors (Lipinski definition) is 2. The summed E-state index contributed by atoms with van der Waals surface area (Å²) in [5.41, 5.74) is 8.41. The molecule has 0 aliphatic heterocycles. The van der Waals surface area contributed by atoms with Gasteiger partial charge < -0.3 is 11.1 Å². The van der Waals surface area contributed by atoms with E-state index >= 15 is 0 Å². The highest BCUT2D eigenvalue weighted by Gasteiger charge is 2.13. The van der Waals surface area contributed by atoms with Crippen molar-refractivity contribution in [2.24, 2.45) is 0 Å². The number of nitrogen functional groups attached to an aromatic ring is 1. The first-order valence-electron chi connectivity index (χ1n) is 6.45. The van der Waals surface area contributed by atoms with Crippen LogP contribution in [0.5, 0.6) is 0 Å². The molecule has 2 rings (SSSR count). The molecule has 2 aromatic carbocycles. The molecule has 4 heteroatoms. The van der Waals surface area contributed by atoms with Gasteiger partial charge in [-0.25, -0.2) is 0 Å². The Morgan fingerprint density at radius 2 is 1.85 bits per heavy atom. The van der Waals surface area contributed by atoms with Gasteiger partial charge in [0.1, 0.15) is 0 Å². The van der Waals surface area contributed by atoms with Crippen LogP contribution in [0, 0.1) is 0 Å². The van der Waals surface area contributed by atoms with Crippen molar-refractivity contribution in [1.29, 1.82) is 0 Å². The van der Waals surface area contributed by atoms with Crippen LogP contribution in [0.2, 0.25) is 0 Å². The van der Waals surface area contributed by atoms with Gasteiger partial charge in [0.2, 0.25) is 5.91 Å². The largest absolute Gasteiger partial charge is 0.398 e. The van der Waals surface area contributed by atoms with Crippen molar-refractivity contribution in [3.8, 4) is 0 Å². The highest BCUT2D eigenvalue weighted by molar-refractivity contribution is 9.10. The van der Waals surface area contributed by atoms with Crippen molar-refractivity contribution in [3.05, 3.63) is 64.1 Å². The molecule has 3 N–H and O–H groups in total. The van der Waals surface area contributed by atoms with Crippen molar-refractivity contribution in [1.82, 2.24) is 5.32 Å². The summed E-state index contributed by atoms with van der Waals surface area (Å²) in [5.74, 6) is -0.0360. The summed E-state index contributed by atoms with van der Waals surface area (Å²) in [6, 6.07) is 15.2. The van der Waals surface area contributed by atoms with Crippen LogP contribution in [0.1, 0.15) is 24.1 Å². The summed E-state index contributed by atoms with van der Waals surface area (Å²) in [6.45, 7) is 1.96. The second-order valence-corrected chi connectivity index (χ2v) is 5.54. The Morgan fingerprint density at radius 1 is 1.20 bits per heavy atom. The molecule has 104 valence electrons. The molecule has 1 atom stereocenters. The summed E-state index contributed by atoms with van der Waals surface area (Å²) < 4.78 is 0.993. The van der Waals surface area contributed by atoms with Crippen LogP contribution in [0.4, 0.5) is 5.69 Å². The molecule has 1 amide bonds. The third-order valence-electron chi connectivity index (χ3n) is 3.16. The maximum absolute atomic E-state index is 12.1. The molecule has 3 nitrogen and oxygen atoms in total. The fourth-order valence-corrected chi connectivity index (χ4v) is 2.69. The fraction of sp³-hybridized carbons (Fsp3) is 0.188. The van der Waals surface area contributed by atoms with Gasteiger partial charge in [-0.3, -0.25) is 4.79 Å². The van der Waals surface area contributed by atoms with Crippen LogP contribution in [0.15, 0.2) is 53.0 Å². The number of hydrogen-bond donors (Lipinski definition) is 2. The minimum atomic E-state index is -0.0528. The topological polar surface area (TPSA) is 55.1 Å². The van der Waals surface area contributed by atoms with Crippen LogP contribution >= 0.6 is 15.9 Å². The molecule has 0 aliphatic rings. The standard InChI is InChI=1S/C16H17BrN2O/c1-11(13-7-3-4-8-14(13)17)19-16(20)10-12-6-2-5-9-15(12)18/h2-9,11H,10,18H2,1H3,(H,19,20). The number of nitrogens with two attached hydrogens (primary N) is 1. The molecular formula is C16H17BrN2O. The first-order chi connectivity index (χ1) is 9.58. The molecule has 0 radical (unpaired) electrons. The average Bonchev–Trinajstić information content (AvgIpc) is 2.41. The van der Waals surface area contributed by atoms with Crippen molar-refractivity contribution >= 4 is 27.5 Å². The Balaban J connectivity index is 2.02. The van der Waals surface area contributed by atoms with Gasteiger partial charge in [-0.1, -0.05) is 52.3 Å². The van der Waals surface area contributed by atoms with E-state index in [2.05, 4.69) is 21.2 Å². The van der Waals surface area contributed by atoms with E-state index in [1.54, 1.807) is 6.07 Å². The van der Waals surface area contributed by atoms with Gasteiger partial charge in [-0.15, -0.1) is 0 Å². The van der Waals surface area contributed by atoms with Crippen molar-refractivity contribution in [3.63, 3.8) is 0 Å². The summed E-state index contributed by atoms with van der Waals surface area (Å²) in [5, 5.41) is 2.99. The highest BCUT2D eigenvalue weighted by Crippen LogP contribution is 2.22. The highest BCUT2D eigenvalue weighted by atomic mass is 79.9. The summed E-state index contributed by atoms with van der Waals surface area (Å²) in [6.07, 6.45) is 0.293. The van der Waals surface area contributed by atoms with Crippen molar-refractivity contribution < 1.29 is 4.79 Å². The lowest BCUT2D eigenvalue weighted by molar-refractivity contribution is -0.121. The maximum Gasteiger partial charge on any atom is 0.224 e. The normalized spacial score (nSPS) is 11.9. The van der Waals surface area contributed by atoms with E-state index in [1.807, 2.05) is 49.4 Å². The second kappa shape index (κ2) is 6.57. The number of amides is 1. The van der Waals surface area contributed by atoms with Gasteiger partial charge in [0, 0.05) is 10.2 Å². The van der Waals surface area contributed by atoms with Gasteiger partial charge in [0.05, 0.1) is 12.5 Å². The first-order valence-corrected chi connectivity index (χ1v) is 7.24. The van der Waals surface area contributed by atoms with E-state index in [-0.39, 0.29) is 11.9 Å². The number of benzene rings is 2. The Kier molecular flexibility index (Phi) is 4.79. The smallest absolute Gasteiger partial charge is 0.224 e. The van der Waals surface area contributed by atoms with Crippen LogP contribution in [-0.2, 0) is 11.2 Å². The molecule has 0 bridgehead atoms. The zero-order valence-electron chi connectivity index (χ0n) is 11.3. The molecule has 0 heterocycles. The fourth-order valence-electron chi connectivity index (χ4n) is 2.06. The lowest BCUT2D eigenvalue weighted by atomic mass is 10.1. The number of carbonyl (C=O) groups excluding carboxylic acids is 1. The minimum Gasteiger partial charge on any atom is -0.398 e. The molecular weight excluding hydrogens is 316 g/mol. The number of para-hydroxylation sites is 1. The van der Waals surface area contributed by atoms with Gasteiger partial charge in [-0.2, -0.15) is 0 Å². The van der Waals surface area contributed by atoms with Crippen LogP contribution in [0.3, 0.4) is 0 Å². The third kappa shape index (κ3) is 3.61. The maximum atomic E-state index is 12.1. The van der Waals surface area contributed by atoms with Crippen LogP contribution < -0.4 is 11.1 Å². The van der Waals surface area contributed by atoms with Gasteiger partial charge in [0.25, 0.3) is 0 Å². The van der Waals surface area contributed by atoms with E-state index in [0.29, 0.717) is 12.1 Å².